The molecule has 1 aliphatic rings. The van der Waals surface area contributed by atoms with Crippen LogP contribution in [0.25, 0.3) is 0 Å². The molecule has 20 heavy (non-hydrogen) atoms. The van der Waals surface area contributed by atoms with E-state index < -0.39 is 0 Å². The Labute approximate surface area is 126 Å². The molecule has 0 aliphatic heterocycles. The predicted octanol–water partition coefficient (Wildman–Crippen LogP) is 4.29. The van der Waals surface area contributed by atoms with E-state index in [2.05, 4.69) is 41.2 Å². The van der Waals surface area contributed by atoms with Crippen molar-refractivity contribution < 1.29 is 0 Å². The summed E-state index contributed by atoms with van der Waals surface area (Å²) in [7, 11) is 1.78. The zero-order valence-electron chi connectivity index (χ0n) is 13.1. The fraction of sp³-hybridized carbons (Fsp3) is 0.500. The van der Waals surface area contributed by atoms with E-state index in [1.807, 2.05) is 20.8 Å². The molecule has 110 valence electrons. The van der Waals surface area contributed by atoms with Crippen molar-refractivity contribution in [3.63, 3.8) is 0 Å². The predicted molar refractivity (Wildman–Crippen MR) is 90.8 cm³/mol. The van der Waals surface area contributed by atoms with Crippen LogP contribution in [0.15, 0.2) is 39.1 Å². The highest BCUT2D eigenvalue weighted by Crippen LogP contribution is 2.48. The quantitative estimate of drug-likeness (QED) is 0.513. The van der Waals surface area contributed by atoms with Gasteiger partial charge in [-0.15, -0.1) is 0 Å². The van der Waals surface area contributed by atoms with Crippen LogP contribution in [-0.4, -0.2) is 18.6 Å². The summed E-state index contributed by atoms with van der Waals surface area (Å²) < 4.78 is 0. The fourth-order valence-corrected chi connectivity index (χ4v) is 2.50. The third kappa shape index (κ3) is 4.46. The van der Waals surface area contributed by atoms with Gasteiger partial charge in [0.15, 0.2) is 0 Å². The SMILES string of the molecule is CC.CN=C(C)N=C(C)C1CC1c1ccc(SN)cc1. The summed E-state index contributed by atoms with van der Waals surface area (Å²) in [6, 6.07) is 8.52. The summed E-state index contributed by atoms with van der Waals surface area (Å²) in [6.45, 7) is 8.04. The first-order chi connectivity index (χ1) is 9.65. The molecule has 0 radical (unpaired) electrons. The van der Waals surface area contributed by atoms with E-state index in [1.165, 1.54) is 29.6 Å². The van der Waals surface area contributed by atoms with E-state index in [0.29, 0.717) is 11.8 Å². The van der Waals surface area contributed by atoms with Crippen LogP contribution in [-0.2, 0) is 0 Å². The molecule has 0 spiro atoms. The number of rotatable bonds is 3. The van der Waals surface area contributed by atoms with E-state index in [0.717, 1.165) is 10.7 Å². The molecule has 0 aromatic heterocycles. The summed E-state index contributed by atoms with van der Waals surface area (Å²) in [4.78, 5) is 9.69. The number of hydrogen-bond donors (Lipinski definition) is 1. The highest BCUT2D eigenvalue weighted by molar-refractivity contribution is 7.97. The average Bonchev–Trinajstić information content (AvgIpc) is 3.30. The van der Waals surface area contributed by atoms with E-state index in [1.54, 1.807) is 7.05 Å². The molecule has 0 amide bonds. The minimum atomic E-state index is 0.582. The van der Waals surface area contributed by atoms with Crippen LogP contribution in [0.3, 0.4) is 0 Å². The van der Waals surface area contributed by atoms with Crippen molar-refractivity contribution in [3.05, 3.63) is 29.8 Å². The highest BCUT2D eigenvalue weighted by atomic mass is 32.2. The molecule has 1 saturated carbocycles. The van der Waals surface area contributed by atoms with Crippen LogP contribution in [0.4, 0.5) is 0 Å². The first-order valence-corrected chi connectivity index (χ1v) is 7.99. The normalized spacial score (nSPS) is 22.1. The molecule has 1 aromatic rings. The van der Waals surface area contributed by atoms with Gasteiger partial charge in [0.1, 0.15) is 5.84 Å². The molecule has 0 bridgehead atoms. The summed E-state index contributed by atoms with van der Waals surface area (Å²) >= 11 is 1.29. The van der Waals surface area contributed by atoms with Crippen LogP contribution in [0.2, 0.25) is 0 Å². The second-order valence-electron chi connectivity index (χ2n) is 4.66. The van der Waals surface area contributed by atoms with Gasteiger partial charge in [-0.3, -0.25) is 10.1 Å². The topological polar surface area (TPSA) is 50.7 Å². The monoisotopic (exact) mass is 291 g/mol. The first kappa shape index (κ1) is 16.9. The van der Waals surface area contributed by atoms with Crippen LogP contribution in [0, 0.1) is 5.92 Å². The van der Waals surface area contributed by atoms with Gasteiger partial charge >= 0.3 is 0 Å². The van der Waals surface area contributed by atoms with Crippen LogP contribution in [0.1, 0.15) is 45.6 Å². The van der Waals surface area contributed by atoms with Gasteiger partial charge in [0.05, 0.1) is 0 Å². The lowest BCUT2D eigenvalue weighted by atomic mass is 10.1. The van der Waals surface area contributed by atoms with Gasteiger partial charge in [-0.05, 0) is 55.8 Å². The van der Waals surface area contributed by atoms with Gasteiger partial charge in [0.2, 0.25) is 0 Å². The van der Waals surface area contributed by atoms with Gasteiger partial charge in [-0.2, -0.15) is 0 Å². The maximum absolute atomic E-state index is 5.52. The zero-order chi connectivity index (χ0) is 15.1. The highest BCUT2D eigenvalue weighted by Gasteiger charge is 2.40. The van der Waals surface area contributed by atoms with Gasteiger partial charge in [0, 0.05) is 23.6 Å². The maximum Gasteiger partial charge on any atom is 0.119 e. The number of hydrogen-bond acceptors (Lipinski definition) is 3. The van der Waals surface area contributed by atoms with E-state index in [4.69, 9.17) is 5.14 Å². The van der Waals surface area contributed by atoms with Crippen LogP contribution < -0.4 is 5.14 Å². The maximum atomic E-state index is 5.52. The summed E-state index contributed by atoms with van der Waals surface area (Å²) in [5.74, 6) is 2.06. The Balaban J connectivity index is 0.000000956. The van der Waals surface area contributed by atoms with E-state index in [9.17, 15) is 0 Å². The number of benzene rings is 1. The van der Waals surface area contributed by atoms with E-state index in [-0.39, 0.29) is 0 Å². The van der Waals surface area contributed by atoms with Gasteiger partial charge in [-0.1, -0.05) is 26.0 Å². The van der Waals surface area contributed by atoms with Crippen molar-refractivity contribution in [1.29, 1.82) is 0 Å². The zero-order valence-corrected chi connectivity index (χ0v) is 13.9. The Morgan fingerprint density at radius 3 is 2.30 bits per heavy atom. The molecule has 1 aliphatic carbocycles. The molecular weight excluding hydrogens is 266 g/mol. The minimum absolute atomic E-state index is 0.582. The molecule has 1 aromatic carbocycles. The lowest BCUT2D eigenvalue weighted by Gasteiger charge is -2.02. The summed E-state index contributed by atoms with van der Waals surface area (Å²) in [5.41, 5.74) is 2.58. The smallest absolute Gasteiger partial charge is 0.119 e. The molecule has 2 atom stereocenters. The largest absolute Gasteiger partial charge is 0.274 e. The van der Waals surface area contributed by atoms with Gasteiger partial charge < -0.3 is 0 Å². The van der Waals surface area contributed by atoms with Crippen LogP contribution in [0.5, 0.6) is 0 Å². The van der Waals surface area contributed by atoms with Gasteiger partial charge in [-0.25, -0.2) is 4.99 Å². The van der Waals surface area contributed by atoms with Crippen LogP contribution >= 0.6 is 11.9 Å². The molecule has 2 unspecified atom stereocenters. The lowest BCUT2D eigenvalue weighted by molar-refractivity contribution is 1.04. The summed E-state index contributed by atoms with van der Waals surface area (Å²) in [6.07, 6.45) is 1.20. The fourth-order valence-electron chi connectivity index (χ4n) is 2.21. The van der Waals surface area contributed by atoms with Crippen molar-refractivity contribution in [3.8, 4) is 0 Å². The molecule has 0 saturated heterocycles. The molecule has 0 heterocycles. The van der Waals surface area contributed by atoms with E-state index >= 15 is 0 Å². The molecule has 3 nitrogen and oxygen atoms in total. The Morgan fingerprint density at radius 2 is 1.80 bits per heavy atom. The number of amidine groups is 1. The Morgan fingerprint density at radius 1 is 1.20 bits per heavy atom. The van der Waals surface area contributed by atoms with Crippen molar-refractivity contribution in [2.45, 2.75) is 44.9 Å². The molecule has 4 heteroatoms. The molecular formula is C16H25N3S. The Bertz CT molecular complexity index is 477. The third-order valence-corrected chi connectivity index (χ3v) is 3.98. The average molecular weight is 291 g/mol. The Hall–Kier alpha value is -1.13. The third-order valence-electron chi connectivity index (χ3n) is 3.43. The minimum Gasteiger partial charge on any atom is -0.274 e. The van der Waals surface area contributed by atoms with Crippen molar-refractivity contribution in [2.75, 3.05) is 7.05 Å². The number of aliphatic imine (C=N–C) groups is 2. The lowest BCUT2D eigenvalue weighted by Crippen LogP contribution is -2.00. The molecule has 2 rings (SSSR count). The number of nitrogens with two attached hydrogens (primary N) is 1. The van der Waals surface area contributed by atoms with Crippen molar-refractivity contribution in [2.24, 2.45) is 21.0 Å². The Kier molecular flexibility index (Phi) is 6.96. The second-order valence-corrected chi connectivity index (χ2v) is 5.37. The molecule has 1 fully saturated rings. The van der Waals surface area contributed by atoms with Crippen molar-refractivity contribution in [1.82, 2.24) is 0 Å². The van der Waals surface area contributed by atoms with Crippen molar-refractivity contribution >= 4 is 23.5 Å². The van der Waals surface area contributed by atoms with Gasteiger partial charge in [0.25, 0.3) is 0 Å². The second kappa shape index (κ2) is 8.22. The number of nitrogens with zero attached hydrogens (tertiary/aromatic N) is 2. The summed E-state index contributed by atoms with van der Waals surface area (Å²) in [5, 5.41) is 5.52. The standard InChI is InChI=1S/C14H19N3S.C2H6/c1-9(17-10(2)16-3)13-8-14(13)11-4-6-12(18-15)7-5-11;1-2/h4-7,13-14H,8,15H2,1-3H3;1-2H3. The first-order valence-electron chi connectivity index (χ1n) is 7.11. The molecule has 2 N–H and O–H groups in total.